The summed E-state index contributed by atoms with van der Waals surface area (Å²) in [4.78, 5) is 12.5. The number of phenolic OH excluding ortho intramolecular Hbond substituents is 1. The van der Waals surface area contributed by atoms with Gasteiger partial charge in [-0.2, -0.15) is 5.10 Å². The molecule has 1 amide bonds. The summed E-state index contributed by atoms with van der Waals surface area (Å²) in [6, 6.07) is 9.30. The number of rotatable bonds is 3. The molecule has 27 heavy (non-hydrogen) atoms. The van der Waals surface area contributed by atoms with E-state index in [0.717, 1.165) is 30.2 Å². The summed E-state index contributed by atoms with van der Waals surface area (Å²) in [6.07, 6.45) is 3.82. The fourth-order valence-corrected chi connectivity index (χ4v) is 3.49. The lowest BCUT2D eigenvalue weighted by Gasteiger charge is -2.24. The number of carbonyl (C=O) groups is 1. The third-order valence-corrected chi connectivity index (χ3v) is 4.73. The number of halogens is 2. The Kier molecular flexibility index (Phi) is 4.35. The van der Waals surface area contributed by atoms with E-state index in [-0.39, 0.29) is 23.3 Å². The summed E-state index contributed by atoms with van der Waals surface area (Å²) in [6.45, 7) is 0. The summed E-state index contributed by atoms with van der Waals surface area (Å²) >= 11 is 0. The van der Waals surface area contributed by atoms with Crippen molar-refractivity contribution in [2.75, 3.05) is 0 Å². The predicted octanol–water partition coefficient (Wildman–Crippen LogP) is 3.66. The third-order valence-electron chi connectivity index (χ3n) is 4.73. The quantitative estimate of drug-likeness (QED) is 0.740. The van der Waals surface area contributed by atoms with Gasteiger partial charge in [0.2, 0.25) is 0 Å². The van der Waals surface area contributed by atoms with Crippen LogP contribution >= 0.6 is 0 Å². The number of aromatic hydroxyl groups is 1. The van der Waals surface area contributed by atoms with Crippen LogP contribution in [0.15, 0.2) is 48.7 Å². The largest absolute Gasteiger partial charge is 0.507 e. The minimum atomic E-state index is -0.672. The maximum atomic E-state index is 13.6. The smallest absolute Gasteiger partial charge is 0.255 e. The SMILES string of the molecule is O=C(N[C@@H]1CCCc2c1cnn2-c1cc(F)cc(F)c1)c1ccccc1O. The maximum Gasteiger partial charge on any atom is 0.255 e. The van der Waals surface area contributed by atoms with Gasteiger partial charge in [0.15, 0.2) is 0 Å². The van der Waals surface area contributed by atoms with Crippen molar-refractivity contribution in [3.05, 3.63) is 77.1 Å². The van der Waals surface area contributed by atoms with Crippen LogP contribution in [-0.2, 0) is 6.42 Å². The lowest BCUT2D eigenvalue weighted by molar-refractivity contribution is 0.0930. The molecule has 1 aromatic heterocycles. The second-order valence-electron chi connectivity index (χ2n) is 6.52. The summed E-state index contributed by atoms with van der Waals surface area (Å²) in [5, 5.41) is 17.1. The van der Waals surface area contributed by atoms with E-state index >= 15 is 0 Å². The van der Waals surface area contributed by atoms with Crippen molar-refractivity contribution in [2.45, 2.75) is 25.3 Å². The van der Waals surface area contributed by atoms with Crippen molar-refractivity contribution >= 4 is 5.91 Å². The number of nitrogens with one attached hydrogen (secondary N) is 1. The Morgan fingerprint density at radius 2 is 1.93 bits per heavy atom. The molecule has 0 spiro atoms. The van der Waals surface area contributed by atoms with Gasteiger partial charge in [0.25, 0.3) is 5.91 Å². The van der Waals surface area contributed by atoms with E-state index in [1.807, 2.05) is 0 Å². The molecule has 0 unspecified atom stereocenters. The Balaban J connectivity index is 1.64. The Bertz CT molecular complexity index is 996. The Morgan fingerprint density at radius 3 is 2.67 bits per heavy atom. The van der Waals surface area contributed by atoms with Crippen molar-refractivity contribution in [1.29, 1.82) is 0 Å². The Morgan fingerprint density at radius 1 is 1.19 bits per heavy atom. The number of phenols is 1. The van der Waals surface area contributed by atoms with Crippen LogP contribution in [0.1, 0.15) is 40.5 Å². The number of nitrogens with zero attached hydrogens (tertiary/aromatic N) is 2. The van der Waals surface area contributed by atoms with Gasteiger partial charge in [-0.25, -0.2) is 13.5 Å². The van der Waals surface area contributed by atoms with Crippen LogP contribution in [0.2, 0.25) is 0 Å². The van der Waals surface area contributed by atoms with Gasteiger partial charge < -0.3 is 10.4 Å². The molecule has 2 aromatic carbocycles. The molecule has 0 fully saturated rings. The molecule has 1 heterocycles. The number of para-hydroxylation sites is 1. The van der Waals surface area contributed by atoms with Gasteiger partial charge in [0, 0.05) is 17.3 Å². The molecule has 0 aliphatic heterocycles. The van der Waals surface area contributed by atoms with Crippen molar-refractivity contribution < 1.29 is 18.7 Å². The van der Waals surface area contributed by atoms with Gasteiger partial charge in [0.05, 0.1) is 23.5 Å². The van der Waals surface area contributed by atoms with Crippen molar-refractivity contribution in [3.63, 3.8) is 0 Å². The Labute approximate surface area is 154 Å². The molecule has 7 heteroatoms. The molecule has 4 rings (SSSR count). The topological polar surface area (TPSA) is 67.2 Å². The van der Waals surface area contributed by atoms with Gasteiger partial charge >= 0.3 is 0 Å². The van der Waals surface area contributed by atoms with E-state index in [1.54, 1.807) is 24.4 Å². The number of hydrogen-bond donors (Lipinski definition) is 2. The zero-order chi connectivity index (χ0) is 19.0. The van der Waals surface area contributed by atoms with Gasteiger partial charge in [-0.05, 0) is 43.5 Å². The number of hydrogen-bond acceptors (Lipinski definition) is 3. The third kappa shape index (κ3) is 3.28. The second-order valence-corrected chi connectivity index (χ2v) is 6.52. The molecule has 0 saturated carbocycles. The number of fused-ring (bicyclic) bond motifs is 1. The first kappa shape index (κ1) is 17.2. The molecule has 138 valence electrons. The number of benzene rings is 2. The first-order valence-electron chi connectivity index (χ1n) is 8.65. The average molecular weight is 369 g/mol. The van der Waals surface area contributed by atoms with Gasteiger partial charge in [-0.1, -0.05) is 12.1 Å². The van der Waals surface area contributed by atoms with E-state index in [9.17, 15) is 18.7 Å². The normalized spacial score (nSPS) is 16.0. The van der Waals surface area contributed by atoms with E-state index in [2.05, 4.69) is 10.4 Å². The highest BCUT2D eigenvalue weighted by Gasteiger charge is 2.27. The molecule has 2 N–H and O–H groups in total. The number of aromatic nitrogens is 2. The van der Waals surface area contributed by atoms with Crippen LogP contribution in [0.25, 0.3) is 5.69 Å². The van der Waals surface area contributed by atoms with E-state index in [0.29, 0.717) is 12.1 Å². The molecule has 0 bridgehead atoms. The zero-order valence-electron chi connectivity index (χ0n) is 14.3. The van der Waals surface area contributed by atoms with E-state index in [1.165, 1.54) is 22.9 Å². The monoisotopic (exact) mass is 369 g/mol. The highest BCUT2D eigenvalue weighted by molar-refractivity contribution is 5.97. The highest BCUT2D eigenvalue weighted by atomic mass is 19.1. The minimum absolute atomic E-state index is 0.0861. The lowest BCUT2D eigenvalue weighted by Crippen LogP contribution is -2.31. The zero-order valence-corrected chi connectivity index (χ0v) is 14.3. The van der Waals surface area contributed by atoms with Gasteiger partial charge in [0.1, 0.15) is 17.4 Å². The maximum absolute atomic E-state index is 13.6. The average Bonchev–Trinajstić information content (AvgIpc) is 3.06. The van der Waals surface area contributed by atoms with Crippen molar-refractivity contribution in [1.82, 2.24) is 15.1 Å². The number of carbonyl (C=O) groups excluding carboxylic acids is 1. The van der Waals surface area contributed by atoms with Crippen molar-refractivity contribution in [3.8, 4) is 11.4 Å². The molecule has 3 aromatic rings. The molecular weight excluding hydrogens is 352 g/mol. The standard InChI is InChI=1S/C20H17F2N3O2/c21-12-8-13(22)10-14(9-12)25-18-6-3-5-17(16(18)11-23-25)24-20(27)15-4-1-2-7-19(15)26/h1-2,4,7-11,17,26H,3,5-6H2,(H,24,27)/t17-/m1/s1. The van der Waals surface area contributed by atoms with E-state index in [4.69, 9.17) is 0 Å². The Hall–Kier alpha value is -3.22. The summed E-state index contributed by atoms with van der Waals surface area (Å²) in [7, 11) is 0. The van der Waals surface area contributed by atoms with Gasteiger partial charge in [-0.3, -0.25) is 4.79 Å². The van der Waals surface area contributed by atoms with Crippen LogP contribution in [0.5, 0.6) is 5.75 Å². The minimum Gasteiger partial charge on any atom is -0.507 e. The molecule has 0 radical (unpaired) electrons. The molecule has 1 aliphatic rings. The van der Waals surface area contributed by atoms with Crippen LogP contribution in [0.3, 0.4) is 0 Å². The first-order valence-corrected chi connectivity index (χ1v) is 8.65. The molecule has 1 aliphatic carbocycles. The summed E-state index contributed by atoms with van der Waals surface area (Å²) in [5.74, 6) is -1.81. The van der Waals surface area contributed by atoms with Crippen LogP contribution < -0.4 is 5.32 Å². The predicted molar refractivity (Wildman–Crippen MR) is 94.7 cm³/mol. The second kappa shape index (κ2) is 6.83. The van der Waals surface area contributed by atoms with Crippen LogP contribution in [-0.4, -0.2) is 20.8 Å². The summed E-state index contributed by atoms with van der Waals surface area (Å²) < 4.78 is 28.6. The fourth-order valence-electron chi connectivity index (χ4n) is 3.49. The molecule has 5 nitrogen and oxygen atoms in total. The molecule has 1 atom stereocenters. The first-order chi connectivity index (χ1) is 13.0. The lowest BCUT2D eigenvalue weighted by atomic mass is 9.92. The summed E-state index contributed by atoms with van der Waals surface area (Å²) in [5.41, 5.74) is 2.13. The molecule has 0 saturated heterocycles. The fraction of sp³-hybridized carbons (Fsp3) is 0.200. The van der Waals surface area contributed by atoms with Crippen molar-refractivity contribution in [2.24, 2.45) is 0 Å². The van der Waals surface area contributed by atoms with Gasteiger partial charge in [-0.15, -0.1) is 0 Å². The molecular formula is C20H17F2N3O2. The van der Waals surface area contributed by atoms with E-state index < -0.39 is 11.6 Å². The highest BCUT2D eigenvalue weighted by Crippen LogP contribution is 2.32. The number of amides is 1. The van der Waals surface area contributed by atoms with Crippen LogP contribution in [0, 0.1) is 11.6 Å². The van der Waals surface area contributed by atoms with Crippen LogP contribution in [0.4, 0.5) is 8.78 Å².